The van der Waals surface area contributed by atoms with Crippen molar-refractivity contribution in [1.82, 2.24) is 15.2 Å². The first-order valence-electron chi connectivity index (χ1n) is 8.14. The van der Waals surface area contributed by atoms with Crippen LogP contribution in [0.5, 0.6) is 5.75 Å². The van der Waals surface area contributed by atoms with E-state index in [-0.39, 0.29) is 24.0 Å². The topological polar surface area (TPSA) is 49.8 Å². The molecule has 0 aliphatic heterocycles. The van der Waals surface area contributed by atoms with Crippen LogP contribution in [0, 0.1) is 13.8 Å². The molecule has 5 nitrogen and oxygen atoms in total. The van der Waals surface area contributed by atoms with E-state index in [0.717, 1.165) is 54.5 Å². The molecule has 1 aromatic rings. The van der Waals surface area contributed by atoms with E-state index in [9.17, 15) is 0 Å². The molecule has 0 aliphatic carbocycles. The van der Waals surface area contributed by atoms with Gasteiger partial charge in [0.25, 0.3) is 0 Å². The fourth-order valence-electron chi connectivity index (χ4n) is 2.43. The SMILES string of the molecule is C=CCCCN(C)C(=NCc1ncc(C)c(OC)c1C)NCC.I. The van der Waals surface area contributed by atoms with E-state index in [0.29, 0.717) is 6.54 Å². The summed E-state index contributed by atoms with van der Waals surface area (Å²) >= 11 is 0. The lowest BCUT2D eigenvalue weighted by Gasteiger charge is -2.22. The standard InChI is InChI=1S/C18H30N4O.HI/c1-7-9-10-11-22(5)18(19-8-2)21-13-16-15(4)17(23-6)14(3)12-20-16;/h7,12H,1,8-11,13H2,2-6H3,(H,19,21);1H. The molecule has 0 radical (unpaired) electrons. The number of methoxy groups -OCH3 is 1. The average Bonchev–Trinajstić information content (AvgIpc) is 2.53. The molecule has 1 heterocycles. The van der Waals surface area contributed by atoms with Gasteiger partial charge in [0.1, 0.15) is 5.75 Å². The number of guanidine groups is 1. The average molecular weight is 446 g/mol. The third-order valence-electron chi connectivity index (χ3n) is 3.73. The molecule has 0 fully saturated rings. The molecule has 1 rings (SSSR count). The number of aryl methyl sites for hydroxylation is 1. The zero-order valence-corrected chi connectivity index (χ0v) is 17.9. The maximum Gasteiger partial charge on any atom is 0.194 e. The van der Waals surface area contributed by atoms with Gasteiger partial charge in [-0.1, -0.05) is 6.08 Å². The van der Waals surface area contributed by atoms with Crippen molar-refractivity contribution in [2.45, 2.75) is 40.2 Å². The summed E-state index contributed by atoms with van der Waals surface area (Å²) in [6.07, 6.45) is 5.88. The lowest BCUT2D eigenvalue weighted by atomic mass is 10.1. The van der Waals surface area contributed by atoms with E-state index >= 15 is 0 Å². The Hall–Kier alpha value is -1.31. The summed E-state index contributed by atoms with van der Waals surface area (Å²) in [7, 11) is 3.75. The highest BCUT2D eigenvalue weighted by Gasteiger charge is 2.10. The first-order chi connectivity index (χ1) is 11.0. The highest BCUT2D eigenvalue weighted by molar-refractivity contribution is 14.0. The van der Waals surface area contributed by atoms with Crippen molar-refractivity contribution in [2.24, 2.45) is 4.99 Å². The third kappa shape index (κ3) is 6.67. The van der Waals surface area contributed by atoms with E-state index in [2.05, 4.69) is 35.8 Å². The molecule has 1 aromatic heterocycles. The minimum atomic E-state index is 0. The highest BCUT2D eigenvalue weighted by Crippen LogP contribution is 2.24. The quantitative estimate of drug-likeness (QED) is 0.218. The van der Waals surface area contributed by atoms with Crippen LogP contribution in [0.25, 0.3) is 0 Å². The van der Waals surface area contributed by atoms with Crippen LogP contribution in [0.3, 0.4) is 0 Å². The second-order valence-electron chi connectivity index (χ2n) is 5.57. The molecule has 6 heteroatoms. The number of halogens is 1. The summed E-state index contributed by atoms with van der Waals surface area (Å²) in [5.41, 5.74) is 3.05. The van der Waals surface area contributed by atoms with Crippen molar-refractivity contribution < 1.29 is 4.74 Å². The Labute approximate surface area is 163 Å². The number of nitrogens with one attached hydrogen (secondary N) is 1. The minimum Gasteiger partial charge on any atom is -0.496 e. The van der Waals surface area contributed by atoms with Crippen LogP contribution in [0.2, 0.25) is 0 Å². The van der Waals surface area contributed by atoms with E-state index in [1.165, 1.54) is 0 Å². The number of aromatic nitrogens is 1. The molecule has 0 unspecified atom stereocenters. The van der Waals surface area contributed by atoms with Crippen molar-refractivity contribution in [3.05, 3.63) is 35.7 Å². The van der Waals surface area contributed by atoms with Crippen LogP contribution in [-0.2, 0) is 6.54 Å². The Balaban J connectivity index is 0.00000529. The Morgan fingerprint density at radius 1 is 1.46 bits per heavy atom. The van der Waals surface area contributed by atoms with Crippen LogP contribution >= 0.6 is 24.0 Å². The predicted molar refractivity (Wildman–Crippen MR) is 113 cm³/mol. The number of rotatable bonds is 8. The number of unbranched alkanes of at least 4 members (excludes halogenated alkanes) is 1. The van der Waals surface area contributed by atoms with Gasteiger partial charge in [-0.05, 0) is 33.6 Å². The number of nitrogens with zero attached hydrogens (tertiary/aromatic N) is 3. The zero-order valence-electron chi connectivity index (χ0n) is 15.6. The predicted octanol–water partition coefficient (Wildman–Crippen LogP) is 3.69. The molecule has 1 N–H and O–H groups in total. The summed E-state index contributed by atoms with van der Waals surface area (Å²) in [6, 6.07) is 0. The van der Waals surface area contributed by atoms with Crippen LogP contribution in [0.1, 0.15) is 36.6 Å². The van der Waals surface area contributed by atoms with Gasteiger partial charge in [0.15, 0.2) is 5.96 Å². The number of pyridine rings is 1. The molecular formula is C18H31IN4O. The van der Waals surface area contributed by atoms with Crippen LogP contribution in [0.4, 0.5) is 0 Å². The van der Waals surface area contributed by atoms with E-state index in [4.69, 9.17) is 9.73 Å². The Morgan fingerprint density at radius 3 is 2.75 bits per heavy atom. The highest BCUT2D eigenvalue weighted by atomic mass is 127. The lowest BCUT2D eigenvalue weighted by Crippen LogP contribution is -2.39. The van der Waals surface area contributed by atoms with Crippen molar-refractivity contribution in [3.63, 3.8) is 0 Å². The van der Waals surface area contributed by atoms with Gasteiger partial charge in [0, 0.05) is 37.5 Å². The smallest absolute Gasteiger partial charge is 0.194 e. The molecular weight excluding hydrogens is 415 g/mol. The fourth-order valence-corrected chi connectivity index (χ4v) is 2.43. The molecule has 0 bridgehead atoms. The monoisotopic (exact) mass is 446 g/mol. The van der Waals surface area contributed by atoms with Crippen LogP contribution < -0.4 is 10.1 Å². The summed E-state index contributed by atoms with van der Waals surface area (Å²) in [6.45, 7) is 12.2. The number of hydrogen-bond acceptors (Lipinski definition) is 3. The maximum absolute atomic E-state index is 5.46. The van der Waals surface area contributed by atoms with Crippen LogP contribution in [-0.4, -0.2) is 43.1 Å². The van der Waals surface area contributed by atoms with Gasteiger partial charge in [-0.15, -0.1) is 30.6 Å². The van der Waals surface area contributed by atoms with Crippen molar-refractivity contribution in [3.8, 4) is 5.75 Å². The second-order valence-corrected chi connectivity index (χ2v) is 5.57. The lowest BCUT2D eigenvalue weighted by molar-refractivity contribution is 0.407. The molecule has 24 heavy (non-hydrogen) atoms. The Bertz CT molecular complexity index is 546. The number of aliphatic imine (C=N–C) groups is 1. The van der Waals surface area contributed by atoms with Gasteiger partial charge in [0.2, 0.25) is 0 Å². The van der Waals surface area contributed by atoms with Crippen molar-refractivity contribution in [2.75, 3.05) is 27.2 Å². The normalized spacial score (nSPS) is 10.8. The molecule has 0 saturated carbocycles. The van der Waals surface area contributed by atoms with Gasteiger partial charge in [0.05, 0.1) is 19.3 Å². The fraction of sp³-hybridized carbons (Fsp3) is 0.556. The number of ether oxygens (including phenoxy) is 1. The molecule has 0 aliphatic rings. The maximum atomic E-state index is 5.46. The molecule has 0 aromatic carbocycles. The van der Waals surface area contributed by atoms with Crippen molar-refractivity contribution >= 4 is 29.9 Å². The molecule has 0 amide bonds. The minimum absolute atomic E-state index is 0. The first kappa shape index (κ1) is 22.7. The molecule has 0 saturated heterocycles. The molecule has 0 spiro atoms. The third-order valence-corrected chi connectivity index (χ3v) is 3.73. The van der Waals surface area contributed by atoms with Gasteiger partial charge < -0.3 is 15.0 Å². The summed E-state index contributed by atoms with van der Waals surface area (Å²) in [4.78, 5) is 11.4. The van der Waals surface area contributed by atoms with Gasteiger partial charge in [-0.25, -0.2) is 4.99 Å². The largest absolute Gasteiger partial charge is 0.496 e. The summed E-state index contributed by atoms with van der Waals surface area (Å²) in [5, 5.41) is 3.33. The summed E-state index contributed by atoms with van der Waals surface area (Å²) in [5.74, 6) is 1.80. The summed E-state index contributed by atoms with van der Waals surface area (Å²) < 4.78 is 5.46. The van der Waals surface area contributed by atoms with E-state index in [1.54, 1.807) is 7.11 Å². The first-order valence-corrected chi connectivity index (χ1v) is 8.14. The second kappa shape index (κ2) is 12.1. The van der Waals surface area contributed by atoms with Gasteiger partial charge >= 0.3 is 0 Å². The van der Waals surface area contributed by atoms with E-state index < -0.39 is 0 Å². The number of hydrogen-bond donors (Lipinski definition) is 1. The zero-order chi connectivity index (χ0) is 17.2. The molecule has 0 atom stereocenters. The Morgan fingerprint density at radius 2 is 2.17 bits per heavy atom. The van der Waals surface area contributed by atoms with Crippen molar-refractivity contribution in [1.29, 1.82) is 0 Å². The van der Waals surface area contributed by atoms with Crippen LogP contribution in [0.15, 0.2) is 23.8 Å². The van der Waals surface area contributed by atoms with Gasteiger partial charge in [-0.2, -0.15) is 0 Å². The van der Waals surface area contributed by atoms with E-state index in [1.807, 2.05) is 26.1 Å². The van der Waals surface area contributed by atoms with Gasteiger partial charge in [-0.3, -0.25) is 4.98 Å². The Kier molecular flexibility index (Phi) is 11.4. The number of allylic oxidation sites excluding steroid dienone is 1. The molecule has 136 valence electrons.